The summed E-state index contributed by atoms with van der Waals surface area (Å²) in [4.78, 5) is 20.2. The molecule has 1 saturated carbocycles. The molecule has 1 aliphatic carbocycles. The van der Waals surface area contributed by atoms with Gasteiger partial charge in [-0.25, -0.2) is 17.8 Å². The summed E-state index contributed by atoms with van der Waals surface area (Å²) in [5.41, 5.74) is 3.19. The van der Waals surface area contributed by atoms with E-state index in [1.54, 1.807) is 18.2 Å². The number of amides is 1. The monoisotopic (exact) mass is 512 g/mol. The van der Waals surface area contributed by atoms with E-state index in [-0.39, 0.29) is 28.5 Å². The van der Waals surface area contributed by atoms with Crippen LogP contribution >= 0.6 is 11.6 Å². The average molecular weight is 513 g/mol. The Hall–Kier alpha value is -3.56. The third-order valence-corrected chi connectivity index (χ3v) is 7.35. The minimum atomic E-state index is -3.88. The fourth-order valence-electron chi connectivity index (χ4n) is 3.72. The molecule has 1 fully saturated rings. The number of rotatable bonds is 8. The number of carbonyl (C=O) groups excluding carboxylic acids is 1. The molecule has 10 heteroatoms. The molecular weight excluding hydrogens is 491 g/mol. The largest absolute Gasteiger partial charge is 0.326 e. The number of carbonyl (C=O) groups is 1. The Morgan fingerprint density at radius 2 is 1.94 bits per heavy atom. The predicted octanol–water partition coefficient (Wildman–Crippen LogP) is 5.31. The molecule has 0 spiro atoms. The van der Waals surface area contributed by atoms with Crippen molar-refractivity contribution in [1.29, 1.82) is 0 Å². The molecule has 1 unspecified atom stereocenters. The van der Waals surface area contributed by atoms with Gasteiger partial charge in [-0.3, -0.25) is 14.5 Å². The molecule has 180 valence electrons. The van der Waals surface area contributed by atoms with E-state index in [1.165, 1.54) is 24.4 Å². The summed E-state index contributed by atoms with van der Waals surface area (Å²) in [6, 6.07) is 14.2. The van der Waals surface area contributed by atoms with Gasteiger partial charge in [-0.2, -0.15) is 0 Å². The Morgan fingerprint density at radius 3 is 2.60 bits per heavy atom. The number of nitrogens with zero attached hydrogens (tertiary/aromatic N) is 2. The first-order valence-electron chi connectivity index (χ1n) is 10.7. The van der Waals surface area contributed by atoms with Crippen LogP contribution in [0.3, 0.4) is 0 Å². The van der Waals surface area contributed by atoms with E-state index in [4.69, 9.17) is 11.6 Å². The number of aromatic nitrogens is 1. The van der Waals surface area contributed by atoms with Crippen molar-refractivity contribution in [2.75, 3.05) is 10.0 Å². The fraction of sp³-hybridized carbons (Fsp3) is 0.160. The zero-order valence-electron chi connectivity index (χ0n) is 18.7. The van der Waals surface area contributed by atoms with E-state index in [0.29, 0.717) is 17.1 Å². The number of hydrogen-bond donors (Lipinski definition) is 2. The van der Waals surface area contributed by atoms with Gasteiger partial charge in [-0.1, -0.05) is 29.8 Å². The summed E-state index contributed by atoms with van der Waals surface area (Å²) in [5, 5.41) is 3.35. The number of halogens is 2. The van der Waals surface area contributed by atoms with Gasteiger partial charge in [0.2, 0.25) is 5.91 Å². The highest BCUT2D eigenvalue weighted by atomic mass is 35.5. The molecule has 0 radical (unpaired) electrons. The summed E-state index contributed by atoms with van der Waals surface area (Å²) < 4.78 is 40.4. The Balaban J connectivity index is 1.40. The second-order valence-corrected chi connectivity index (χ2v) is 10.3. The first-order valence-corrected chi connectivity index (χ1v) is 12.5. The number of sulfonamides is 1. The number of benzene rings is 2. The molecule has 0 aliphatic heterocycles. The Kier molecular flexibility index (Phi) is 7.00. The lowest BCUT2D eigenvalue weighted by atomic mass is 10.1. The molecule has 4 rings (SSSR count). The first-order chi connectivity index (χ1) is 16.7. The fourth-order valence-corrected chi connectivity index (χ4v) is 5.00. The SMILES string of the molecule is C=N/C=C(/Cl)c1cc(NC(=O)[C@@H]2CC2c2ccc(S(=O)(=O)Nc3ccc(F)cn3)cc2)ccc1C. The van der Waals surface area contributed by atoms with E-state index < -0.39 is 15.8 Å². The van der Waals surface area contributed by atoms with Crippen LogP contribution in [-0.2, 0) is 14.8 Å². The van der Waals surface area contributed by atoms with Crippen molar-refractivity contribution in [1.82, 2.24) is 4.98 Å². The highest BCUT2D eigenvalue weighted by molar-refractivity contribution is 7.92. The lowest BCUT2D eigenvalue weighted by Crippen LogP contribution is -2.15. The predicted molar refractivity (Wildman–Crippen MR) is 135 cm³/mol. The number of anilines is 2. The first kappa shape index (κ1) is 24.6. The van der Waals surface area contributed by atoms with Crippen LogP contribution in [0.4, 0.5) is 15.9 Å². The van der Waals surface area contributed by atoms with E-state index in [9.17, 15) is 17.6 Å². The number of nitrogens with one attached hydrogen (secondary N) is 2. The van der Waals surface area contributed by atoms with Crippen LogP contribution < -0.4 is 10.0 Å². The quantitative estimate of drug-likeness (QED) is 0.399. The molecule has 1 amide bonds. The topological polar surface area (TPSA) is 101 Å². The van der Waals surface area contributed by atoms with Crippen molar-refractivity contribution < 1.29 is 17.6 Å². The second-order valence-electron chi connectivity index (χ2n) is 8.16. The Labute approximate surface area is 207 Å². The Morgan fingerprint density at radius 1 is 1.20 bits per heavy atom. The third-order valence-electron chi connectivity index (χ3n) is 5.68. The maximum Gasteiger partial charge on any atom is 0.263 e. The van der Waals surface area contributed by atoms with Gasteiger partial charge in [0.15, 0.2) is 0 Å². The molecule has 2 N–H and O–H groups in total. The molecule has 1 aliphatic rings. The summed E-state index contributed by atoms with van der Waals surface area (Å²) >= 11 is 6.24. The minimum Gasteiger partial charge on any atom is -0.326 e. The zero-order valence-corrected chi connectivity index (χ0v) is 20.3. The van der Waals surface area contributed by atoms with Gasteiger partial charge in [0, 0.05) is 17.8 Å². The van der Waals surface area contributed by atoms with E-state index in [1.807, 2.05) is 19.1 Å². The van der Waals surface area contributed by atoms with Crippen molar-refractivity contribution in [3.05, 3.63) is 89.5 Å². The molecule has 2 aromatic carbocycles. The average Bonchev–Trinajstić information content (AvgIpc) is 3.63. The summed E-state index contributed by atoms with van der Waals surface area (Å²) in [6.45, 7) is 5.31. The Bertz CT molecular complexity index is 1410. The molecule has 1 aromatic heterocycles. The maximum absolute atomic E-state index is 13.0. The number of hydrogen-bond acceptors (Lipinski definition) is 5. The molecule has 2 atom stereocenters. The van der Waals surface area contributed by atoms with Gasteiger partial charge in [-0.05, 0) is 79.1 Å². The van der Waals surface area contributed by atoms with Gasteiger partial charge in [0.25, 0.3) is 10.0 Å². The van der Waals surface area contributed by atoms with Crippen molar-refractivity contribution in [2.24, 2.45) is 10.9 Å². The van der Waals surface area contributed by atoms with Crippen LogP contribution in [0.15, 0.2) is 76.9 Å². The van der Waals surface area contributed by atoms with Crippen molar-refractivity contribution >= 4 is 50.8 Å². The molecule has 1 heterocycles. The van der Waals surface area contributed by atoms with Gasteiger partial charge in [0.05, 0.1) is 16.1 Å². The molecule has 0 bridgehead atoms. The zero-order chi connectivity index (χ0) is 25.2. The van der Waals surface area contributed by atoms with Gasteiger partial charge < -0.3 is 5.32 Å². The van der Waals surface area contributed by atoms with Crippen LogP contribution in [0, 0.1) is 18.7 Å². The number of aliphatic imine (C=N–C) groups is 1. The van der Waals surface area contributed by atoms with E-state index in [2.05, 4.69) is 26.7 Å². The summed E-state index contributed by atoms with van der Waals surface area (Å²) in [6.07, 6.45) is 3.04. The van der Waals surface area contributed by atoms with Gasteiger partial charge >= 0.3 is 0 Å². The molecule has 3 aromatic rings. The summed E-state index contributed by atoms with van der Waals surface area (Å²) in [7, 11) is -3.88. The molecule has 35 heavy (non-hydrogen) atoms. The van der Waals surface area contributed by atoms with Crippen LogP contribution in [0.2, 0.25) is 0 Å². The highest BCUT2D eigenvalue weighted by Crippen LogP contribution is 2.48. The maximum atomic E-state index is 13.0. The lowest BCUT2D eigenvalue weighted by Gasteiger charge is -2.10. The normalized spacial score (nSPS) is 17.5. The van der Waals surface area contributed by atoms with E-state index >= 15 is 0 Å². The van der Waals surface area contributed by atoms with Crippen LogP contribution in [0.1, 0.15) is 29.0 Å². The number of aryl methyl sites for hydroxylation is 1. The third kappa shape index (κ3) is 5.75. The van der Waals surface area contributed by atoms with Gasteiger partial charge in [-0.15, -0.1) is 0 Å². The van der Waals surface area contributed by atoms with Crippen LogP contribution in [0.5, 0.6) is 0 Å². The lowest BCUT2D eigenvalue weighted by molar-refractivity contribution is -0.117. The van der Waals surface area contributed by atoms with Crippen LogP contribution in [-0.4, -0.2) is 26.0 Å². The van der Waals surface area contributed by atoms with Crippen molar-refractivity contribution in [2.45, 2.75) is 24.2 Å². The van der Waals surface area contributed by atoms with Crippen LogP contribution in [0.25, 0.3) is 5.03 Å². The molecule has 0 saturated heterocycles. The number of pyridine rings is 1. The van der Waals surface area contributed by atoms with Crippen molar-refractivity contribution in [3.63, 3.8) is 0 Å². The van der Waals surface area contributed by atoms with Crippen molar-refractivity contribution in [3.8, 4) is 0 Å². The molecule has 7 nitrogen and oxygen atoms in total. The summed E-state index contributed by atoms with van der Waals surface area (Å²) in [5.74, 6) is -0.881. The minimum absolute atomic E-state index is 0.00292. The highest BCUT2D eigenvalue weighted by Gasteiger charge is 2.44. The van der Waals surface area contributed by atoms with Gasteiger partial charge in [0.1, 0.15) is 11.6 Å². The standard InChI is InChI=1S/C25H22ClFN4O3S/c1-15-3-7-18(11-20(15)23(26)14-28-2)30-25(32)22-12-21(22)16-4-8-19(9-5-16)35(33,34)31-24-10-6-17(27)13-29-24/h3-11,13-14,21-22H,2,12H2,1H3,(H,29,31)(H,30,32)/b23-14+/t21?,22-/m1/s1. The van der Waals surface area contributed by atoms with E-state index in [0.717, 1.165) is 29.0 Å². The molecular formula is C25H22ClFN4O3S. The smallest absolute Gasteiger partial charge is 0.263 e. The second kappa shape index (κ2) is 9.97.